The first-order valence-electron chi connectivity index (χ1n) is 6.25. The first-order chi connectivity index (χ1) is 8.60. The first-order valence-corrected chi connectivity index (χ1v) is 6.25. The summed E-state index contributed by atoms with van der Waals surface area (Å²) in [5.41, 5.74) is 0.397. The van der Waals surface area contributed by atoms with E-state index >= 15 is 0 Å². The van der Waals surface area contributed by atoms with Crippen LogP contribution in [0.15, 0.2) is 24.3 Å². The Hall–Kier alpha value is -1.42. The maximum atomic E-state index is 13.5. The van der Waals surface area contributed by atoms with Crippen molar-refractivity contribution in [3.8, 4) is 0 Å². The lowest BCUT2D eigenvalue weighted by molar-refractivity contribution is -0.123. The molecule has 1 aromatic rings. The SMILES string of the molecule is CCC(CCO)NC(=O)C(C)c1ccccc1F. The number of aliphatic hydroxyl groups excluding tert-OH is 1. The van der Waals surface area contributed by atoms with Crippen LogP contribution in [-0.2, 0) is 4.79 Å². The highest BCUT2D eigenvalue weighted by atomic mass is 19.1. The average molecular weight is 253 g/mol. The summed E-state index contributed by atoms with van der Waals surface area (Å²) < 4.78 is 13.5. The highest BCUT2D eigenvalue weighted by Crippen LogP contribution is 2.19. The zero-order valence-electron chi connectivity index (χ0n) is 10.8. The zero-order valence-corrected chi connectivity index (χ0v) is 10.8. The highest BCUT2D eigenvalue weighted by Gasteiger charge is 2.20. The third-order valence-electron chi connectivity index (χ3n) is 3.08. The van der Waals surface area contributed by atoms with Gasteiger partial charge >= 0.3 is 0 Å². The van der Waals surface area contributed by atoms with Crippen molar-refractivity contribution in [1.29, 1.82) is 0 Å². The van der Waals surface area contributed by atoms with Gasteiger partial charge in [0.2, 0.25) is 5.91 Å². The molecule has 4 heteroatoms. The number of benzene rings is 1. The number of carbonyl (C=O) groups excluding carboxylic acids is 1. The third kappa shape index (κ3) is 3.81. The summed E-state index contributed by atoms with van der Waals surface area (Å²) in [5, 5.41) is 11.7. The molecule has 18 heavy (non-hydrogen) atoms. The normalized spacial score (nSPS) is 14.0. The number of carbonyl (C=O) groups is 1. The van der Waals surface area contributed by atoms with Gasteiger partial charge in [0.1, 0.15) is 5.82 Å². The van der Waals surface area contributed by atoms with Crippen molar-refractivity contribution >= 4 is 5.91 Å². The van der Waals surface area contributed by atoms with E-state index in [0.29, 0.717) is 12.0 Å². The molecule has 0 saturated carbocycles. The van der Waals surface area contributed by atoms with Crippen LogP contribution in [0.1, 0.15) is 38.2 Å². The molecule has 0 radical (unpaired) electrons. The van der Waals surface area contributed by atoms with Crippen molar-refractivity contribution in [2.75, 3.05) is 6.61 Å². The van der Waals surface area contributed by atoms with E-state index < -0.39 is 5.92 Å². The minimum Gasteiger partial charge on any atom is -0.396 e. The standard InChI is InChI=1S/C14H20FNO2/c1-3-11(8-9-17)16-14(18)10(2)12-6-4-5-7-13(12)15/h4-7,10-11,17H,3,8-9H2,1-2H3,(H,16,18). The van der Waals surface area contributed by atoms with E-state index in [0.717, 1.165) is 6.42 Å². The molecule has 2 N–H and O–H groups in total. The van der Waals surface area contributed by atoms with Crippen molar-refractivity contribution in [3.63, 3.8) is 0 Å². The molecule has 2 atom stereocenters. The summed E-state index contributed by atoms with van der Waals surface area (Å²) in [6, 6.07) is 6.23. The molecule has 0 aromatic heterocycles. The lowest BCUT2D eigenvalue weighted by Crippen LogP contribution is -2.37. The van der Waals surface area contributed by atoms with Crippen molar-refractivity contribution in [2.24, 2.45) is 0 Å². The van der Waals surface area contributed by atoms with Gasteiger partial charge in [-0.25, -0.2) is 4.39 Å². The summed E-state index contributed by atoms with van der Waals surface area (Å²) in [4.78, 5) is 12.0. The smallest absolute Gasteiger partial charge is 0.227 e. The second-order valence-electron chi connectivity index (χ2n) is 4.37. The van der Waals surface area contributed by atoms with Crippen molar-refractivity contribution in [1.82, 2.24) is 5.32 Å². The van der Waals surface area contributed by atoms with Gasteiger partial charge in [0, 0.05) is 12.6 Å². The molecule has 3 nitrogen and oxygen atoms in total. The fourth-order valence-electron chi connectivity index (χ4n) is 1.83. The molecule has 0 fully saturated rings. The summed E-state index contributed by atoms with van der Waals surface area (Å²) in [6.07, 6.45) is 1.27. The van der Waals surface area contributed by atoms with Crippen LogP contribution in [0.5, 0.6) is 0 Å². The minimum absolute atomic E-state index is 0.0346. The lowest BCUT2D eigenvalue weighted by atomic mass is 9.99. The van der Waals surface area contributed by atoms with E-state index in [1.165, 1.54) is 6.07 Å². The largest absolute Gasteiger partial charge is 0.396 e. The number of halogens is 1. The quantitative estimate of drug-likeness (QED) is 0.816. The van der Waals surface area contributed by atoms with Crippen LogP contribution < -0.4 is 5.32 Å². The fraction of sp³-hybridized carbons (Fsp3) is 0.500. The Bertz CT molecular complexity index is 395. The molecule has 0 aliphatic heterocycles. The maximum absolute atomic E-state index is 13.5. The van der Waals surface area contributed by atoms with Gasteiger partial charge in [-0.05, 0) is 31.4 Å². The Morgan fingerprint density at radius 3 is 2.67 bits per heavy atom. The van der Waals surface area contributed by atoms with Gasteiger partial charge in [-0.2, -0.15) is 0 Å². The summed E-state index contributed by atoms with van der Waals surface area (Å²) in [5.74, 6) is -1.10. The number of hydrogen-bond donors (Lipinski definition) is 2. The topological polar surface area (TPSA) is 49.3 Å². The van der Waals surface area contributed by atoms with E-state index in [1.807, 2.05) is 6.92 Å². The maximum Gasteiger partial charge on any atom is 0.227 e. The number of rotatable bonds is 6. The molecule has 100 valence electrons. The monoisotopic (exact) mass is 253 g/mol. The second kappa shape index (κ2) is 7.11. The Balaban J connectivity index is 2.69. The Labute approximate surface area is 107 Å². The predicted molar refractivity (Wildman–Crippen MR) is 68.7 cm³/mol. The fourth-order valence-corrected chi connectivity index (χ4v) is 1.83. The van der Waals surface area contributed by atoms with Gasteiger partial charge in [-0.1, -0.05) is 25.1 Å². The average Bonchev–Trinajstić information content (AvgIpc) is 2.37. The summed E-state index contributed by atoms with van der Waals surface area (Å²) in [7, 11) is 0. The van der Waals surface area contributed by atoms with Crippen LogP contribution in [0.4, 0.5) is 4.39 Å². The summed E-state index contributed by atoms with van der Waals surface area (Å²) in [6.45, 7) is 3.65. The van der Waals surface area contributed by atoms with Crippen LogP contribution in [-0.4, -0.2) is 23.7 Å². The number of hydrogen-bond acceptors (Lipinski definition) is 2. The molecular weight excluding hydrogens is 233 g/mol. The second-order valence-corrected chi connectivity index (χ2v) is 4.37. The molecule has 1 rings (SSSR count). The van der Waals surface area contributed by atoms with Crippen LogP contribution >= 0.6 is 0 Å². The number of amides is 1. The molecule has 0 aliphatic carbocycles. The van der Waals surface area contributed by atoms with Gasteiger partial charge < -0.3 is 10.4 Å². The van der Waals surface area contributed by atoms with E-state index in [4.69, 9.17) is 5.11 Å². The van der Waals surface area contributed by atoms with Crippen LogP contribution in [0.3, 0.4) is 0 Å². The predicted octanol–water partition coefficient (Wildman–Crippen LogP) is 2.21. The van der Waals surface area contributed by atoms with E-state index in [9.17, 15) is 9.18 Å². The van der Waals surface area contributed by atoms with E-state index in [-0.39, 0.29) is 24.4 Å². The van der Waals surface area contributed by atoms with Crippen molar-refractivity contribution < 1.29 is 14.3 Å². The van der Waals surface area contributed by atoms with E-state index in [2.05, 4.69) is 5.32 Å². The van der Waals surface area contributed by atoms with Crippen LogP contribution in [0.25, 0.3) is 0 Å². The lowest BCUT2D eigenvalue weighted by Gasteiger charge is -2.19. The Morgan fingerprint density at radius 1 is 1.44 bits per heavy atom. The van der Waals surface area contributed by atoms with Crippen molar-refractivity contribution in [3.05, 3.63) is 35.6 Å². The zero-order chi connectivity index (χ0) is 13.5. The van der Waals surface area contributed by atoms with Crippen LogP contribution in [0.2, 0.25) is 0 Å². The summed E-state index contributed by atoms with van der Waals surface area (Å²) >= 11 is 0. The molecule has 1 aromatic carbocycles. The van der Waals surface area contributed by atoms with Gasteiger partial charge in [0.25, 0.3) is 0 Å². The van der Waals surface area contributed by atoms with Crippen molar-refractivity contribution in [2.45, 2.75) is 38.6 Å². The molecule has 1 amide bonds. The molecule has 0 aliphatic rings. The Morgan fingerprint density at radius 2 is 2.11 bits per heavy atom. The molecular formula is C14H20FNO2. The van der Waals surface area contributed by atoms with Crippen LogP contribution in [0, 0.1) is 5.82 Å². The van der Waals surface area contributed by atoms with Gasteiger partial charge in [-0.15, -0.1) is 0 Å². The molecule has 0 bridgehead atoms. The molecule has 2 unspecified atom stereocenters. The molecule has 0 spiro atoms. The Kier molecular flexibility index (Phi) is 5.78. The third-order valence-corrected chi connectivity index (χ3v) is 3.08. The number of aliphatic hydroxyl groups is 1. The van der Waals surface area contributed by atoms with Gasteiger partial charge in [0.15, 0.2) is 0 Å². The molecule has 0 saturated heterocycles. The first kappa shape index (κ1) is 14.6. The van der Waals surface area contributed by atoms with Gasteiger partial charge in [0.05, 0.1) is 5.92 Å². The van der Waals surface area contributed by atoms with E-state index in [1.54, 1.807) is 25.1 Å². The molecule has 0 heterocycles. The highest BCUT2D eigenvalue weighted by molar-refractivity contribution is 5.83. The number of nitrogens with one attached hydrogen (secondary N) is 1. The van der Waals surface area contributed by atoms with Gasteiger partial charge in [-0.3, -0.25) is 4.79 Å². The minimum atomic E-state index is -0.529.